The van der Waals surface area contributed by atoms with Crippen LogP contribution in [0.4, 0.5) is 10.1 Å². The number of nitrogens with one attached hydrogen (secondary N) is 1. The average Bonchev–Trinajstić information content (AvgIpc) is 2.70. The summed E-state index contributed by atoms with van der Waals surface area (Å²) in [7, 11) is 0. The van der Waals surface area contributed by atoms with E-state index in [4.69, 9.17) is 0 Å². The third-order valence-corrected chi connectivity index (χ3v) is 5.12. The maximum absolute atomic E-state index is 12.9. The molecule has 0 fully saturated rings. The van der Waals surface area contributed by atoms with Gasteiger partial charge in [0.05, 0.1) is 5.69 Å². The van der Waals surface area contributed by atoms with E-state index in [0.29, 0.717) is 13.0 Å². The first-order valence-electron chi connectivity index (χ1n) is 8.10. The average molecular weight is 358 g/mol. The summed E-state index contributed by atoms with van der Waals surface area (Å²) in [6, 6.07) is 13.6. The summed E-state index contributed by atoms with van der Waals surface area (Å²) in [6.07, 6.45) is 0.393. The molecule has 0 saturated heterocycles. The van der Waals surface area contributed by atoms with Crippen molar-refractivity contribution in [3.05, 3.63) is 59.9 Å². The van der Waals surface area contributed by atoms with Crippen LogP contribution in [0, 0.1) is 5.82 Å². The summed E-state index contributed by atoms with van der Waals surface area (Å²) in [5, 5.41) is 2.95. The number of carbonyl (C=O) groups excluding carboxylic acids is 2. The molecular weight excluding hydrogens is 339 g/mol. The van der Waals surface area contributed by atoms with Crippen molar-refractivity contribution < 1.29 is 14.0 Å². The Hall–Kier alpha value is -2.34. The molecule has 0 unspecified atom stereocenters. The number of rotatable bonds is 4. The maximum atomic E-state index is 12.9. The summed E-state index contributed by atoms with van der Waals surface area (Å²) in [6.45, 7) is 2.29. The highest BCUT2D eigenvalue weighted by atomic mass is 32.2. The van der Waals surface area contributed by atoms with Gasteiger partial charge in [0.2, 0.25) is 11.8 Å². The van der Waals surface area contributed by atoms with Crippen molar-refractivity contribution in [2.24, 2.45) is 0 Å². The van der Waals surface area contributed by atoms with Crippen molar-refractivity contribution in [3.63, 3.8) is 0 Å². The number of halogens is 1. The highest BCUT2D eigenvalue weighted by molar-refractivity contribution is 8.00. The number of hydrogen-bond donors (Lipinski definition) is 1. The molecule has 25 heavy (non-hydrogen) atoms. The van der Waals surface area contributed by atoms with Crippen molar-refractivity contribution >= 4 is 29.3 Å². The first kappa shape index (κ1) is 17.5. The Labute approximate surface area is 150 Å². The molecule has 0 aromatic heterocycles. The number of fused-ring (bicyclic) bond motifs is 1. The van der Waals surface area contributed by atoms with E-state index in [2.05, 4.69) is 5.32 Å². The fourth-order valence-corrected chi connectivity index (χ4v) is 3.82. The molecule has 2 aromatic carbocycles. The second-order valence-corrected chi connectivity index (χ2v) is 7.46. The van der Waals surface area contributed by atoms with Gasteiger partial charge in [-0.2, -0.15) is 0 Å². The zero-order valence-electron chi connectivity index (χ0n) is 13.9. The predicted octanol–water partition coefficient (Wildman–Crippen LogP) is 3.36. The molecule has 0 saturated carbocycles. The van der Waals surface area contributed by atoms with Gasteiger partial charge in [-0.3, -0.25) is 9.59 Å². The van der Waals surface area contributed by atoms with E-state index in [1.807, 2.05) is 31.2 Å². The lowest BCUT2D eigenvalue weighted by Gasteiger charge is -2.22. The minimum atomic E-state index is -0.312. The van der Waals surface area contributed by atoms with Gasteiger partial charge in [-0.05, 0) is 29.8 Å². The van der Waals surface area contributed by atoms with Crippen LogP contribution >= 0.6 is 11.8 Å². The summed E-state index contributed by atoms with van der Waals surface area (Å²) in [4.78, 5) is 27.4. The van der Waals surface area contributed by atoms with Crippen molar-refractivity contribution in [2.45, 2.75) is 30.0 Å². The van der Waals surface area contributed by atoms with Gasteiger partial charge in [-0.15, -0.1) is 11.8 Å². The molecule has 1 N–H and O–H groups in total. The van der Waals surface area contributed by atoms with Crippen LogP contribution in [0.5, 0.6) is 0 Å². The largest absolute Gasteiger partial charge is 0.350 e. The summed E-state index contributed by atoms with van der Waals surface area (Å²) < 4.78 is 12.9. The van der Waals surface area contributed by atoms with Crippen molar-refractivity contribution in [3.8, 4) is 0 Å². The molecule has 1 aliphatic rings. The highest BCUT2D eigenvalue weighted by Crippen LogP contribution is 2.37. The Bertz CT molecular complexity index is 779. The quantitative estimate of drug-likeness (QED) is 0.912. The monoisotopic (exact) mass is 358 g/mol. The van der Waals surface area contributed by atoms with Crippen LogP contribution in [-0.2, 0) is 16.1 Å². The molecule has 1 atom stereocenters. The summed E-state index contributed by atoms with van der Waals surface area (Å²) in [5.74, 6) is -0.609. The molecule has 0 spiro atoms. The van der Waals surface area contributed by atoms with E-state index in [1.54, 1.807) is 28.8 Å². The maximum Gasteiger partial charge on any atom is 0.240 e. The summed E-state index contributed by atoms with van der Waals surface area (Å²) in [5.41, 5.74) is 1.58. The van der Waals surface area contributed by atoms with Crippen LogP contribution in [0.1, 0.15) is 18.9 Å². The van der Waals surface area contributed by atoms with E-state index in [-0.39, 0.29) is 29.4 Å². The van der Waals surface area contributed by atoms with Crippen molar-refractivity contribution in [1.82, 2.24) is 5.32 Å². The van der Waals surface area contributed by atoms with Crippen molar-refractivity contribution in [1.29, 1.82) is 0 Å². The minimum absolute atomic E-state index is 0.0235. The molecule has 1 heterocycles. The number of benzene rings is 2. The predicted molar refractivity (Wildman–Crippen MR) is 97.0 cm³/mol. The lowest BCUT2D eigenvalue weighted by Crippen LogP contribution is -2.40. The first-order valence-corrected chi connectivity index (χ1v) is 8.98. The van der Waals surface area contributed by atoms with Gasteiger partial charge in [0.25, 0.3) is 0 Å². The van der Waals surface area contributed by atoms with E-state index in [0.717, 1.165) is 16.1 Å². The number of carbonyl (C=O) groups is 2. The molecular formula is C19H19FN2O2S. The topological polar surface area (TPSA) is 49.4 Å². The third-order valence-electron chi connectivity index (χ3n) is 3.95. The molecule has 2 amide bonds. The zero-order chi connectivity index (χ0) is 17.8. The standard InChI is InChI=1S/C19H19FN2O2S/c1-13-10-19(24)22(16-4-2-3-5-17(16)25-13)12-18(23)21-11-14-6-8-15(20)9-7-14/h2-9,13H,10-12H2,1H3,(H,21,23)/t13-/m0/s1. The van der Waals surface area contributed by atoms with Gasteiger partial charge in [0.15, 0.2) is 0 Å². The molecule has 1 aliphatic heterocycles. The SMILES string of the molecule is C[C@H]1CC(=O)N(CC(=O)NCc2ccc(F)cc2)c2ccccc2S1. The first-order chi connectivity index (χ1) is 12.0. The van der Waals surface area contributed by atoms with Crippen LogP contribution < -0.4 is 10.2 Å². The molecule has 0 radical (unpaired) electrons. The number of thioether (sulfide) groups is 1. The van der Waals surface area contributed by atoms with Crippen LogP contribution in [0.2, 0.25) is 0 Å². The number of para-hydroxylation sites is 1. The third kappa shape index (κ3) is 4.39. The molecule has 130 valence electrons. The Morgan fingerprint density at radius 2 is 1.96 bits per heavy atom. The van der Waals surface area contributed by atoms with Gasteiger partial charge in [0.1, 0.15) is 12.4 Å². The molecule has 0 aliphatic carbocycles. The van der Waals surface area contributed by atoms with Crippen LogP contribution in [-0.4, -0.2) is 23.6 Å². The number of amides is 2. The summed E-state index contributed by atoms with van der Waals surface area (Å²) >= 11 is 1.65. The number of anilines is 1. The van der Waals surface area contributed by atoms with Gasteiger partial charge < -0.3 is 10.2 Å². The van der Waals surface area contributed by atoms with Gasteiger partial charge in [0, 0.05) is 23.1 Å². The van der Waals surface area contributed by atoms with Crippen LogP contribution in [0.3, 0.4) is 0 Å². The minimum Gasteiger partial charge on any atom is -0.350 e. The second-order valence-electron chi connectivity index (χ2n) is 5.98. The lowest BCUT2D eigenvalue weighted by atomic mass is 10.2. The number of nitrogens with zero attached hydrogens (tertiary/aromatic N) is 1. The molecule has 6 heteroatoms. The zero-order valence-corrected chi connectivity index (χ0v) is 14.7. The lowest BCUT2D eigenvalue weighted by molar-refractivity contribution is -0.123. The number of hydrogen-bond acceptors (Lipinski definition) is 3. The Morgan fingerprint density at radius 1 is 1.24 bits per heavy atom. The normalized spacial score (nSPS) is 17.0. The van der Waals surface area contributed by atoms with E-state index in [9.17, 15) is 14.0 Å². The fourth-order valence-electron chi connectivity index (χ4n) is 2.70. The Kier molecular flexibility index (Phi) is 5.38. The van der Waals surface area contributed by atoms with Gasteiger partial charge in [-0.1, -0.05) is 31.2 Å². The molecule has 0 bridgehead atoms. The molecule has 3 rings (SSSR count). The van der Waals surface area contributed by atoms with Crippen LogP contribution in [0.15, 0.2) is 53.4 Å². The molecule has 2 aromatic rings. The smallest absolute Gasteiger partial charge is 0.240 e. The second kappa shape index (κ2) is 7.70. The van der Waals surface area contributed by atoms with Gasteiger partial charge in [-0.25, -0.2) is 4.39 Å². The van der Waals surface area contributed by atoms with Crippen molar-refractivity contribution in [2.75, 3.05) is 11.4 Å². The Morgan fingerprint density at radius 3 is 2.72 bits per heavy atom. The van der Waals surface area contributed by atoms with E-state index >= 15 is 0 Å². The highest BCUT2D eigenvalue weighted by Gasteiger charge is 2.27. The Balaban J connectivity index is 1.69. The van der Waals surface area contributed by atoms with E-state index in [1.165, 1.54) is 12.1 Å². The van der Waals surface area contributed by atoms with E-state index < -0.39 is 0 Å². The van der Waals surface area contributed by atoms with Crippen LogP contribution in [0.25, 0.3) is 0 Å². The fraction of sp³-hybridized carbons (Fsp3) is 0.263. The molecule has 4 nitrogen and oxygen atoms in total. The van der Waals surface area contributed by atoms with Gasteiger partial charge >= 0.3 is 0 Å².